The molecule has 1 aliphatic rings. The molecule has 0 N–H and O–H groups in total. The Bertz CT molecular complexity index is 1240. The molecule has 6 heteroatoms. The van der Waals surface area contributed by atoms with Crippen LogP contribution in [0.3, 0.4) is 0 Å². The van der Waals surface area contributed by atoms with Crippen LogP contribution in [-0.4, -0.2) is 32.7 Å². The summed E-state index contributed by atoms with van der Waals surface area (Å²) in [6.45, 7) is 4.20. The van der Waals surface area contributed by atoms with Crippen LogP contribution in [0.15, 0.2) is 90.1 Å². The molecule has 1 aliphatic heterocycles. The molecule has 3 aromatic rings. The van der Waals surface area contributed by atoms with Crippen LogP contribution in [0.1, 0.15) is 22.9 Å². The molecule has 0 saturated heterocycles. The van der Waals surface area contributed by atoms with Crippen LogP contribution >= 0.6 is 0 Å². The summed E-state index contributed by atoms with van der Waals surface area (Å²) in [5.41, 5.74) is 5.21. The quantitative estimate of drug-likeness (QED) is 0.508. The number of benzene rings is 3. The summed E-state index contributed by atoms with van der Waals surface area (Å²) in [6, 6.07) is 25.9. The van der Waals surface area contributed by atoms with Crippen LogP contribution in [0.25, 0.3) is 0 Å². The molecule has 0 spiro atoms. The van der Waals surface area contributed by atoms with E-state index >= 15 is 0 Å². The number of esters is 2. The number of hydrogen-bond donors (Lipinski definition) is 0. The molecule has 4 rings (SSSR count). The van der Waals surface area contributed by atoms with Gasteiger partial charge < -0.3 is 19.3 Å². The molecule has 174 valence electrons. The van der Waals surface area contributed by atoms with Crippen molar-refractivity contribution in [3.8, 4) is 0 Å². The second-order valence-electron chi connectivity index (χ2n) is 8.27. The van der Waals surface area contributed by atoms with Crippen LogP contribution < -0.4 is 9.80 Å². The number of ether oxygens (including phenoxy) is 2. The second kappa shape index (κ2) is 9.83. The summed E-state index contributed by atoms with van der Waals surface area (Å²) in [5.74, 6) is -1.16. The van der Waals surface area contributed by atoms with Crippen LogP contribution in [0, 0.1) is 13.8 Å². The van der Waals surface area contributed by atoms with E-state index in [9.17, 15) is 9.59 Å². The number of carbonyl (C=O) groups excluding carboxylic acids is 2. The number of methoxy groups -OCH3 is 2. The molecule has 0 fully saturated rings. The van der Waals surface area contributed by atoms with Gasteiger partial charge in [-0.05, 0) is 54.8 Å². The van der Waals surface area contributed by atoms with E-state index in [1.165, 1.54) is 14.2 Å². The number of nitrogens with zero attached hydrogens (tertiary/aromatic N) is 2. The summed E-state index contributed by atoms with van der Waals surface area (Å²) in [6.07, 6.45) is -0.410. The Morgan fingerprint density at radius 3 is 1.94 bits per heavy atom. The van der Waals surface area contributed by atoms with Gasteiger partial charge in [0, 0.05) is 11.4 Å². The van der Waals surface area contributed by atoms with E-state index in [-0.39, 0.29) is 17.8 Å². The Kier molecular flexibility index (Phi) is 6.68. The van der Waals surface area contributed by atoms with E-state index in [1.54, 1.807) is 0 Å². The van der Waals surface area contributed by atoms with Gasteiger partial charge in [0.2, 0.25) is 0 Å². The van der Waals surface area contributed by atoms with Gasteiger partial charge in [-0.3, -0.25) is 0 Å². The molecule has 1 unspecified atom stereocenters. The fraction of sp³-hybridized carbons (Fsp3) is 0.214. The third-order valence-corrected chi connectivity index (χ3v) is 5.92. The second-order valence-corrected chi connectivity index (χ2v) is 8.27. The molecular formula is C28H28N2O4. The lowest BCUT2D eigenvalue weighted by molar-refractivity contribution is -0.139. The molecule has 6 nitrogen and oxygen atoms in total. The maximum Gasteiger partial charge on any atom is 0.355 e. The maximum absolute atomic E-state index is 13.2. The topological polar surface area (TPSA) is 59.1 Å². The molecule has 0 aliphatic carbocycles. The third-order valence-electron chi connectivity index (χ3n) is 5.92. The van der Waals surface area contributed by atoms with E-state index in [2.05, 4.69) is 11.0 Å². The summed E-state index contributed by atoms with van der Waals surface area (Å²) >= 11 is 0. The molecule has 0 radical (unpaired) electrons. The van der Waals surface area contributed by atoms with E-state index in [0.29, 0.717) is 0 Å². The first-order valence-corrected chi connectivity index (χ1v) is 11.1. The molecule has 1 heterocycles. The molecule has 3 aromatic carbocycles. The fourth-order valence-corrected chi connectivity index (χ4v) is 4.38. The number of hydrogen-bond acceptors (Lipinski definition) is 6. The molecule has 1 atom stereocenters. The Hall–Kier alpha value is -4.06. The van der Waals surface area contributed by atoms with Gasteiger partial charge in [-0.25, -0.2) is 9.59 Å². The average molecular weight is 457 g/mol. The van der Waals surface area contributed by atoms with Gasteiger partial charge in [-0.15, -0.1) is 0 Å². The zero-order valence-corrected chi connectivity index (χ0v) is 19.8. The van der Waals surface area contributed by atoms with Crippen molar-refractivity contribution in [3.63, 3.8) is 0 Å². The van der Waals surface area contributed by atoms with Crippen molar-refractivity contribution in [2.45, 2.75) is 20.0 Å². The van der Waals surface area contributed by atoms with E-state index < -0.39 is 18.1 Å². The SMILES string of the molecule is COC(=O)C1=C(C(=O)OC)N(c2cccc(C)c2)C(c2ccccc2)N(c2cccc(C)c2)C1. The van der Waals surface area contributed by atoms with Crippen LogP contribution in [-0.2, 0) is 19.1 Å². The maximum atomic E-state index is 13.2. The van der Waals surface area contributed by atoms with Crippen molar-refractivity contribution >= 4 is 23.3 Å². The number of anilines is 2. The Labute approximate surface area is 200 Å². The summed E-state index contributed by atoms with van der Waals surface area (Å²) < 4.78 is 10.3. The first-order valence-electron chi connectivity index (χ1n) is 11.1. The summed E-state index contributed by atoms with van der Waals surface area (Å²) in [5, 5.41) is 0. The highest BCUT2D eigenvalue weighted by atomic mass is 16.5. The van der Waals surface area contributed by atoms with E-state index in [1.807, 2.05) is 91.5 Å². The Balaban J connectivity index is 2.06. The lowest BCUT2D eigenvalue weighted by Gasteiger charge is -2.47. The van der Waals surface area contributed by atoms with Gasteiger partial charge in [0.1, 0.15) is 11.9 Å². The zero-order valence-electron chi connectivity index (χ0n) is 19.8. The van der Waals surface area contributed by atoms with Gasteiger partial charge in [-0.2, -0.15) is 0 Å². The molecule has 0 aromatic heterocycles. The van der Waals surface area contributed by atoms with E-state index in [0.717, 1.165) is 28.1 Å². The first kappa shape index (κ1) is 23.1. The van der Waals surface area contributed by atoms with Crippen LogP contribution in [0.2, 0.25) is 0 Å². The molecule has 0 saturated carbocycles. The highest BCUT2D eigenvalue weighted by Gasteiger charge is 2.42. The molecule has 0 bridgehead atoms. The monoisotopic (exact) mass is 456 g/mol. The van der Waals surface area contributed by atoms with Crippen molar-refractivity contribution in [1.29, 1.82) is 0 Å². The predicted molar refractivity (Wildman–Crippen MR) is 132 cm³/mol. The van der Waals surface area contributed by atoms with Crippen LogP contribution in [0.5, 0.6) is 0 Å². The number of aryl methyl sites for hydroxylation is 2. The summed E-state index contributed by atoms with van der Waals surface area (Å²) in [4.78, 5) is 30.2. The Morgan fingerprint density at radius 1 is 0.765 bits per heavy atom. The van der Waals surface area contributed by atoms with Crippen LogP contribution in [0.4, 0.5) is 11.4 Å². The molecule has 0 amide bonds. The standard InChI is InChI=1S/C28H28N2O4/c1-19-10-8-14-22(16-19)29-18-24(27(31)33-3)25(28(32)34-4)30(23-15-9-11-20(2)17-23)26(29)21-12-6-5-7-13-21/h5-17,26H,18H2,1-4H3. The van der Waals surface area contributed by atoms with Gasteiger partial charge in [0.15, 0.2) is 0 Å². The normalized spacial score (nSPS) is 15.8. The summed E-state index contributed by atoms with van der Waals surface area (Å²) in [7, 11) is 2.64. The minimum Gasteiger partial charge on any atom is -0.466 e. The zero-order chi connectivity index (χ0) is 24.2. The van der Waals surface area contributed by atoms with Gasteiger partial charge in [0.05, 0.1) is 26.3 Å². The highest BCUT2D eigenvalue weighted by Crippen LogP contribution is 2.42. The van der Waals surface area contributed by atoms with Crippen molar-refractivity contribution in [3.05, 3.63) is 107 Å². The third kappa shape index (κ3) is 4.39. The number of carbonyl (C=O) groups is 2. The van der Waals surface area contributed by atoms with Crippen molar-refractivity contribution in [1.82, 2.24) is 0 Å². The smallest absolute Gasteiger partial charge is 0.355 e. The Morgan fingerprint density at radius 2 is 1.35 bits per heavy atom. The van der Waals surface area contributed by atoms with Crippen molar-refractivity contribution < 1.29 is 19.1 Å². The van der Waals surface area contributed by atoms with Gasteiger partial charge >= 0.3 is 11.9 Å². The fourth-order valence-electron chi connectivity index (χ4n) is 4.38. The minimum atomic E-state index is -0.591. The molecular weight excluding hydrogens is 428 g/mol. The van der Waals surface area contributed by atoms with E-state index in [4.69, 9.17) is 9.47 Å². The van der Waals surface area contributed by atoms with Gasteiger partial charge in [-0.1, -0.05) is 54.6 Å². The minimum absolute atomic E-state index is 0.178. The predicted octanol–water partition coefficient (Wildman–Crippen LogP) is 4.93. The lowest BCUT2D eigenvalue weighted by atomic mass is 9.99. The first-order chi connectivity index (χ1) is 16.4. The van der Waals surface area contributed by atoms with Crippen molar-refractivity contribution in [2.24, 2.45) is 0 Å². The van der Waals surface area contributed by atoms with Crippen molar-refractivity contribution in [2.75, 3.05) is 30.6 Å². The molecule has 34 heavy (non-hydrogen) atoms. The van der Waals surface area contributed by atoms with Gasteiger partial charge in [0.25, 0.3) is 0 Å². The lowest BCUT2D eigenvalue weighted by Crippen LogP contribution is -2.50. The number of rotatable bonds is 5. The highest BCUT2D eigenvalue weighted by molar-refractivity contribution is 6.04. The average Bonchev–Trinajstić information content (AvgIpc) is 2.87. The largest absolute Gasteiger partial charge is 0.466 e.